The van der Waals surface area contributed by atoms with Gasteiger partial charge in [-0.25, -0.2) is 14.3 Å². The summed E-state index contributed by atoms with van der Waals surface area (Å²) in [6, 6.07) is 4.60. The lowest BCUT2D eigenvalue weighted by atomic mass is 9.80. The molecule has 1 aromatic carbocycles. The molecule has 110 valence electrons. The normalized spacial score (nSPS) is 20.9. The zero-order valence-corrected chi connectivity index (χ0v) is 11.4. The Bertz CT molecular complexity index is 737. The maximum atomic E-state index is 13.9. The van der Waals surface area contributed by atoms with Gasteiger partial charge in [-0.15, -0.1) is 5.10 Å². The third-order valence-corrected chi connectivity index (χ3v) is 3.91. The molecule has 1 amide bonds. The number of fused-ring (bicyclic) bond motifs is 1. The summed E-state index contributed by atoms with van der Waals surface area (Å²) in [6.07, 6.45) is 1.45. The second-order valence-electron chi connectivity index (χ2n) is 5.30. The minimum absolute atomic E-state index is 0.0734. The van der Waals surface area contributed by atoms with Crippen LogP contribution in [0.25, 0.3) is 0 Å². The van der Waals surface area contributed by atoms with Gasteiger partial charge in [-0.05, 0) is 36.0 Å². The first-order valence-electron chi connectivity index (χ1n) is 6.79. The van der Waals surface area contributed by atoms with Crippen molar-refractivity contribution in [1.82, 2.24) is 20.5 Å². The van der Waals surface area contributed by atoms with Crippen LogP contribution in [0.4, 0.5) is 4.39 Å². The van der Waals surface area contributed by atoms with Crippen molar-refractivity contribution < 1.29 is 9.18 Å². The fourth-order valence-corrected chi connectivity index (χ4v) is 2.78. The van der Waals surface area contributed by atoms with Gasteiger partial charge in [-0.1, -0.05) is 19.1 Å². The first-order valence-corrected chi connectivity index (χ1v) is 6.79. The zero-order chi connectivity index (χ0) is 15.0. The van der Waals surface area contributed by atoms with Crippen molar-refractivity contribution in [2.45, 2.75) is 25.8 Å². The summed E-state index contributed by atoms with van der Waals surface area (Å²) >= 11 is 0. The molecule has 1 heterocycles. The molecule has 0 radical (unpaired) electrons. The lowest BCUT2D eigenvalue weighted by Gasteiger charge is -2.32. The minimum Gasteiger partial charge on any atom is -0.342 e. The van der Waals surface area contributed by atoms with Crippen molar-refractivity contribution >= 4 is 5.91 Å². The number of nitrogens with one attached hydrogen (secondary N) is 3. The van der Waals surface area contributed by atoms with Crippen LogP contribution in [0.1, 0.15) is 41.1 Å². The number of nitrogens with zero attached hydrogens (tertiary/aromatic N) is 1. The molecule has 1 aliphatic carbocycles. The zero-order valence-electron chi connectivity index (χ0n) is 11.4. The van der Waals surface area contributed by atoms with Gasteiger partial charge >= 0.3 is 5.69 Å². The summed E-state index contributed by atoms with van der Waals surface area (Å²) in [7, 11) is 0. The van der Waals surface area contributed by atoms with Gasteiger partial charge in [-0.2, -0.15) is 0 Å². The summed E-state index contributed by atoms with van der Waals surface area (Å²) in [5.74, 6) is -0.626. The van der Waals surface area contributed by atoms with Gasteiger partial charge in [0.05, 0.1) is 6.04 Å². The molecule has 1 aromatic heterocycles. The second kappa shape index (κ2) is 5.16. The van der Waals surface area contributed by atoms with Crippen LogP contribution in [0.3, 0.4) is 0 Å². The molecule has 0 saturated carbocycles. The third kappa shape index (κ3) is 2.46. The highest BCUT2D eigenvalue weighted by molar-refractivity contribution is 5.90. The number of halogens is 1. The summed E-state index contributed by atoms with van der Waals surface area (Å²) in [6.45, 7) is 2.01. The summed E-state index contributed by atoms with van der Waals surface area (Å²) in [4.78, 5) is 25.4. The van der Waals surface area contributed by atoms with Crippen molar-refractivity contribution in [3.05, 3.63) is 51.5 Å². The maximum absolute atomic E-state index is 13.9. The van der Waals surface area contributed by atoms with Crippen LogP contribution in [0, 0.1) is 11.7 Å². The van der Waals surface area contributed by atoms with Crippen LogP contribution >= 0.6 is 0 Å². The molecular weight excluding hydrogens is 275 g/mol. The smallest absolute Gasteiger partial charge is 0.341 e. The number of carbonyl (C=O) groups excluding carboxylic acids is 1. The van der Waals surface area contributed by atoms with Crippen LogP contribution in [-0.2, 0) is 6.42 Å². The molecular formula is C14H15FN4O2. The van der Waals surface area contributed by atoms with Gasteiger partial charge in [0.25, 0.3) is 5.91 Å². The van der Waals surface area contributed by atoms with Crippen molar-refractivity contribution in [2.24, 2.45) is 5.92 Å². The van der Waals surface area contributed by atoms with E-state index in [1.54, 1.807) is 6.07 Å². The van der Waals surface area contributed by atoms with E-state index in [4.69, 9.17) is 0 Å². The van der Waals surface area contributed by atoms with Crippen molar-refractivity contribution in [3.63, 3.8) is 0 Å². The van der Waals surface area contributed by atoms with E-state index in [0.29, 0.717) is 12.0 Å². The Morgan fingerprint density at radius 1 is 1.48 bits per heavy atom. The average molecular weight is 290 g/mol. The minimum atomic E-state index is -0.539. The highest BCUT2D eigenvalue weighted by Gasteiger charge is 2.30. The summed E-state index contributed by atoms with van der Waals surface area (Å²) in [5.41, 5.74) is 0.902. The number of aromatic amines is 2. The standard InChI is InChI=1S/C14H15FN4O2/c1-7-5-6-8-9(3-2-4-10(8)15)11(7)16-13(20)12-17-14(21)19-18-12/h2-4,7,11H,5-6H2,1H3,(H,16,20)(H2,17,18,19,21)/t7-,11+/m1/s1. The quantitative estimate of drug-likeness (QED) is 0.778. The number of aromatic nitrogens is 3. The summed E-state index contributed by atoms with van der Waals surface area (Å²) in [5, 5.41) is 8.57. The molecule has 21 heavy (non-hydrogen) atoms. The Balaban J connectivity index is 1.90. The van der Waals surface area contributed by atoms with E-state index in [9.17, 15) is 14.0 Å². The monoisotopic (exact) mass is 290 g/mol. The van der Waals surface area contributed by atoms with Gasteiger partial charge in [0.1, 0.15) is 5.82 Å². The second-order valence-corrected chi connectivity index (χ2v) is 5.30. The van der Waals surface area contributed by atoms with Crippen LogP contribution < -0.4 is 11.0 Å². The van der Waals surface area contributed by atoms with E-state index < -0.39 is 11.6 Å². The van der Waals surface area contributed by atoms with E-state index in [1.807, 2.05) is 13.0 Å². The predicted octanol–water partition coefficient (Wildman–Crippen LogP) is 1.29. The van der Waals surface area contributed by atoms with Crippen molar-refractivity contribution in [2.75, 3.05) is 0 Å². The Hall–Kier alpha value is -2.44. The fraction of sp³-hybridized carbons (Fsp3) is 0.357. The van der Waals surface area contributed by atoms with Crippen LogP contribution in [0.15, 0.2) is 23.0 Å². The number of hydrogen-bond donors (Lipinski definition) is 3. The SMILES string of the molecule is C[C@@H]1CCc2c(F)cccc2[C@H]1NC(=O)c1n[nH]c(=O)[nH]1. The van der Waals surface area contributed by atoms with Crippen LogP contribution in [-0.4, -0.2) is 21.1 Å². The van der Waals surface area contributed by atoms with Crippen LogP contribution in [0.5, 0.6) is 0 Å². The van der Waals surface area contributed by atoms with Gasteiger partial charge in [0, 0.05) is 0 Å². The Labute approximate surface area is 119 Å². The molecule has 1 aliphatic rings. The highest BCUT2D eigenvalue weighted by Crippen LogP contribution is 2.35. The molecule has 0 saturated heterocycles. The first kappa shape index (κ1) is 13.5. The number of H-pyrrole nitrogens is 2. The molecule has 0 spiro atoms. The van der Waals surface area contributed by atoms with E-state index in [-0.39, 0.29) is 23.6 Å². The molecule has 7 heteroatoms. The van der Waals surface area contributed by atoms with E-state index in [1.165, 1.54) is 6.07 Å². The molecule has 3 rings (SSSR count). The number of amides is 1. The maximum Gasteiger partial charge on any atom is 0.341 e. The predicted molar refractivity (Wildman–Crippen MR) is 73.3 cm³/mol. The van der Waals surface area contributed by atoms with Crippen molar-refractivity contribution in [1.29, 1.82) is 0 Å². The highest BCUT2D eigenvalue weighted by atomic mass is 19.1. The molecule has 0 aliphatic heterocycles. The third-order valence-electron chi connectivity index (χ3n) is 3.91. The molecule has 2 aromatic rings. The van der Waals surface area contributed by atoms with Crippen LogP contribution in [0.2, 0.25) is 0 Å². The number of benzene rings is 1. The Kier molecular flexibility index (Phi) is 3.32. The van der Waals surface area contributed by atoms with Gasteiger partial charge in [0.15, 0.2) is 0 Å². The molecule has 3 N–H and O–H groups in total. The number of carbonyl (C=O) groups is 1. The molecule has 2 atom stereocenters. The Morgan fingerprint density at radius 2 is 2.29 bits per heavy atom. The Morgan fingerprint density at radius 3 is 3.00 bits per heavy atom. The largest absolute Gasteiger partial charge is 0.342 e. The summed E-state index contributed by atoms with van der Waals surface area (Å²) < 4.78 is 13.9. The number of rotatable bonds is 2. The first-order chi connectivity index (χ1) is 10.1. The van der Waals surface area contributed by atoms with Gasteiger partial charge in [-0.3, -0.25) is 9.78 Å². The lowest BCUT2D eigenvalue weighted by Crippen LogP contribution is -2.36. The molecule has 0 bridgehead atoms. The lowest BCUT2D eigenvalue weighted by molar-refractivity contribution is 0.0908. The van der Waals surface area contributed by atoms with Gasteiger partial charge in [0.2, 0.25) is 5.82 Å². The average Bonchev–Trinajstić information content (AvgIpc) is 2.89. The van der Waals surface area contributed by atoms with Gasteiger partial charge < -0.3 is 5.32 Å². The fourth-order valence-electron chi connectivity index (χ4n) is 2.78. The van der Waals surface area contributed by atoms with E-state index in [2.05, 4.69) is 20.5 Å². The molecule has 0 unspecified atom stereocenters. The molecule has 0 fully saturated rings. The topological polar surface area (TPSA) is 90.6 Å². The van der Waals surface area contributed by atoms with Crippen molar-refractivity contribution in [3.8, 4) is 0 Å². The molecule has 6 nitrogen and oxygen atoms in total. The number of hydrogen-bond acceptors (Lipinski definition) is 3. The van der Waals surface area contributed by atoms with E-state index in [0.717, 1.165) is 12.0 Å². The van der Waals surface area contributed by atoms with E-state index >= 15 is 0 Å².